The van der Waals surface area contributed by atoms with Gasteiger partial charge in [-0.25, -0.2) is 0 Å². The highest BCUT2D eigenvalue weighted by Gasteiger charge is 2.13. The van der Waals surface area contributed by atoms with Gasteiger partial charge in [0.05, 0.1) is 6.04 Å². The number of alkyl halides is 1. The van der Waals surface area contributed by atoms with Crippen molar-refractivity contribution in [1.29, 1.82) is 0 Å². The van der Waals surface area contributed by atoms with Crippen LogP contribution in [0.4, 0.5) is 0 Å². The van der Waals surface area contributed by atoms with E-state index in [1.807, 2.05) is 12.3 Å². The molecule has 0 spiro atoms. The van der Waals surface area contributed by atoms with Crippen molar-refractivity contribution in [2.45, 2.75) is 12.5 Å². The molecule has 1 aromatic rings. The summed E-state index contributed by atoms with van der Waals surface area (Å²) in [7, 11) is 4.14. The van der Waals surface area contributed by atoms with Crippen molar-refractivity contribution < 1.29 is 0 Å². The van der Waals surface area contributed by atoms with E-state index in [1.54, 1.807) is 0 Å². The van der Waals surface area contributed by atoms with E-state index in [0.29, 0.717) is 11.9 Å². The highest BCUT2D eigenvalue weighted by atomic mass is 35.5. The first-order valence-corrected chi connectivity index (χ1v) is 4.65. The summed E-state index contributed by atoms with van der Waals surface area (Å²) in [5.74, 6) is 0.696. The second-order valence-corrected chi connectivity index (χ2v) is 3.46. The van der Waals surface area contributed by atoms with E-state index < -0.39 is 0 Å². The number of aromatic amines is 1. The molecule has 0 aliphatic carbocycles. The molecule has 1 N–H and O–H groups in total. The maximum Gasteiger partial charge on any atom is 0.0504 e. The lowest BCUT2D eigenvalue weighted by Gasteiger charge is -2.22. The summed E-state index contributed by atoms with van der Waals surface area (Å²) >= 11 is 5.72. The second-order valence-electron chi connectivity index (χ2n) is 3.08. The summed E-state index contributed by atoms with van der Waals surface area (Å²) in [6.45, 7) is 0. The fourth-order valence-electron chi connectivity index (χ4n) is 1.35. The molecule has 0 amide bonds. The highest BCUT2D eigenvalue weighted by Crippen LogP contribution is 2.20. The molecule has 1 atom stereocenters. The SMILES string of the molecule is CN(C)C(CCCl)c1ccc[nH]1. The van der Waals surface area contributed by atoms with Gasteiger partial charge < -0.3 is 9.88 Å². The van der Waals surface area contributed by atoms with Crippen molar-refractivity contribution in [2.24, 2.45) is 0 Å². The molecule has 0 aliphatic heterocycles. The van der Waals surface area contributed by atoms with Gasteiger partial charge in [-0.3, -0.25) is 0 Å². The molecule has 2 nitrogen and oxygen atoms in total. The second kappa shape index (κ2) is 4.53. The van der Waals surface area contributed by atoms with Crippen LogP contribution in [-0.4, -0.2) is 29.9 Å². The first-order chi connectivity index (χ1) is 5.75. The van der Waals surface area contributed by atoms with Gasteiger partial charge in [-0.1, -0.05) is 0 Å². The Hall–Kier alpha value is -0.470. The quantitative estimate of drug-likeness (QED) is 0.715. The van der Waals surface area contributed by atoms with Crippen LogP contribution in [0.25, 0.3) is 0 Å². The third-order valence-corrected chi connectivity index (χ3v) is 2.21. The molecule has 0 bridgehead atoms. The largest absolute Gasteiger partial charge is 0.364 e. The van der Waals surface area contributed by atoms with E-state index in [-0.39, 0.29) is 0 Å². The smallest absolute Gasteiger partial charge is 0.0504 e. The minimum Gasteiger partial charge on any atom is -0.364 e. The number of H-pyrrole nitrogens is 1. The minimum absolute atomic E-state index is 0.414. The molecule has 1 aromatic heterocycles. The van der Waals surface area contributed by atoms with Crippen molar-refractivity contribution in [1.82, 2.24) is 9.88 Å². The topological polar surface area (TPSA) is 19.0 Å². The number of hydrogen-bond donors (Lipinski definition) is 1. The normalized spacial score (nSPS) is 13.7. The van der Waals surface area contributed by atoms with E-state index >= 15 is 0 Å². The van der Waals surface area contributed by atoms with Gasteiger partial charge in [-0.2, -0.15) is 0 Å². The average Bonchev–Trinajstić information content (AvgIpc) is 2.51. The number of rotatable bonds is 4. The maximum atomic E-state index is 5.72. The number of nitrogens with one attached hydrogen (secondary N) is 1. The zero-order valence-corrected chi connectivity index (χ0v) is 8.30. The molecule has 1 unspecified atom stereocenters. The van der Waals surface area contributed by atoms with Gasteiger partial charge in [-0.05, 0) is 32.6 Å². The zero-order chi connectivity index (χ0) is 8.97. The Balaban J connectivity index is 2.66. The summed E-state index contributed by atoms with van der Waals surface area (Å²) in [5.41, 5.74) is 1.24. The summed E-state index contributed by atoms with van der Waals surface area (Å²) in [4.78, 5) is 5.38. The number of nitrogens with zero attached hydrogens (tertiary/aromatic N) is 1. The zero-order valence-electron chi connectivity index (χ0n) is 7.55. The predicted molar refractivity (Wildman–Crippen MR) is 52.6 cm³/mol. The lowest BCUT2D eigenvalue weighted by molar-refractivity contribution is 0.288. The van der Waals surface area contributed by atoms with Gasteiger partial charge in [0, 0.05) is 17.8 Å². The van der Waals surface area contributed by atoms with Crippen molar-refractivity contribution in [3.8, 4) is 0 Å². The molecule has 0 radical (unpaired) electrons. The van der Waals surface area contributed by atoms with Crippen LogP contribution in [-0.2, 0) is 0 Å². The van der Waals surface area contributed by atoms with Crippen LogP contribution in [0.2, 0.25) is 0 Å². The monoisotopic (exact) mass is 186 g/mol. The minimum atomic E-state index is 0.414. The van der Waals surface area contributed by atoms with Crippen molar-refractivity contribution in [3.63, 3.8) is 0 Å². The molecule has 3 heteroatoms. The van der Waals surface area contributed by atoms with Crippen LogP contribution in [0.5, 0.6) is 0 Å². The van der Waals surface area contributed by atoms with E-state index in [2.05, 4.69) is 30.0 Å². The lowest BCUT2D eigenvalue weighted by Crippen LogP contribution is -2.20. The van der Waals surface area contributed by atoms with Gasteiger partial charge in [-0.15, -0.1) is 11.6 Å². The van der Waals surface area contributed by atoms with Crippen molar-refractivity contribution >= 4 is 11.6 Å². The summed E-state index contributed by atoms with van der Waals surface area (Å²) in [6, 6.07) is 4.52. The lowest BCUT2D eigenvalue weighted by atomic mass is 10.1. The predicted octanol–water partition coefficient (Wildman–Crippen LogP) is 2.25. The maximum absolute atomic E-state index is 5.72. The molecular formula is C9H15ClN2. The molecule has 0 saturated carbocycles. The Morgan fingerprint density at radius 1 is 1.58 bits per heavy atom. The Morgan fingerprint density at radius 3 is 2.75 bits per heavy atom. The number of aromatic nitrogens is 1. The molecule has 0 fully saturated rings. The Bertz CT molecular complexity index is 206. The number of hydrogen-bond acceptors (Lipinski definition) is 1. The fraction of sp³-hybridized carbons (Fsp3) is 0.556. The van der Waals surface area contributed by atoms with Crippen molar-refractivity contribution in [2.75, 3.05) is 20.0 Å². The molecule has 1 heterocycles. The summed E-state index contributed by atoms with van der Waals surface area (Å²) < 4.78 is 0. The Kier molecular flexibility index (Phi) is 3.63. The molecule has 12 heavy (non-hydrogen) atoms. The average molecular weight is 187 g/mol. The summed E-state index contributed by atoms with van der Waals surface area (Å²) in [5, 5.41) is 0. The molecule has 1 rings (SSSR count). The molecular weight excluding hydrogens is 172 g/mol. The van der Waals surface area contributed by atoms with Crippen LogP contribution >= 0.6 is 11.6 Å². The van der Waals surface area contributed by atoms with Gasteiger partial charge in [0.1, 0.15) is 0 Å². The molecule has 68 valence electrons. The standard InChI is InChI=1S/C9H15ClN2/c1-12(2)9(5-6-10)8-4-3-7-11-8/h3-4,7,9,11H,5-6H2,1-2H3. The van der Waals surface area contributed by atoms with Crippen LogP contribution < -0.4 is 0 Å². The van der Waals surface area contributed by atoms with E-state index in [0.717, 1.165) is 6.42 Å². The highest BCUT2D eigenvalue weighted by molar-refractivity contribution is 6.17. The van der Waals surface area contributed by atoms with Crippen molar-refractivity contribution in [3.05, 3.63) is 24.0 Å². The van der Waals surface area contributed by atoms with Gasteiger partial charge >= 0.3 is 0 Å². The van der Waals surface area contributed by atoms with Gasteiger partial charge in [0.25, 0.3) is 0 Å². The van der Waals surface area contributed by atoms with Crippen LogP contribution in [0.1, 0.15) is 18.2 Å². The van der Waals surface area contributed by atoms with Crippen LogP contribution in [0.3, 0.4) is 0 Å². The number of halogens is 1. The van der Waals surface area contributed by atoms with Crippen LogP contribution in [0, 0.1) is 0 Å². The van der Waals surface area contributed by atoms with Gasteiger partial charge in [0.2, 0.25) is 0 Å². The first-order valence-electron chi connectivity index (χ1n) is 4.11. The molecule has 0 aliphatic rings. The van der Waals surface area contributed by atoms with Crippen LogP contribution in [0.15, 0.2) is 18.3 Å². The fourth-order valence-corrected chi connectivity index (χ4v) is 1.55. The molecule has 0 saturated heterocycles. The Morgan fingerprint density at radius 2 is 2.33 bits per heavy atom. The first kappa shape index (κ1) is 9.62. The third kappa shape index (κ3) is 2.26. The van der Waals surface area contributed by atoms with E-state index in [9.17, 15) is 0 Å². The van der Waals surface area contributed by atoms with E-state index in [1.165, 1.54) is 5.69 Å². The van der Waals surface area contributed by atoms with Gasteiger partial charge in [0.15, 0.2) is 0 Å². The van der Waals surface area contributed by atoms with E-state index in [4.69, 9.17) is 11.6 Å². The summed E-state index contributed by atoms with van der Waals surface area (Å²) in [6.07, 6.45) is 2.93. The third-order valence-electron chi connectivity index (χ3n) is 1.99. The molecule has 0 aromatic carbocycles. The Labute approximate surface area is 78.5 Å².